The van der Waals surface area contributed by atoms with Gasteiger partial charge >= 0.3 is 12.1 Å². The van der Waals surface area contributed by atoms with Crippen molar-refractivity contribution in [1.82, 2.24) is 5.32 Å². The van der Waals surface area contributed by atoms with Crippen molar-refractivity contribution in [1.29, 1.82) is 0 Å². The van der Waals surface area contributed by atoms with Crippen molar-refractivity contribution < 1.29 is 19.4 Å². The Balaban J connectivity index is 2.30. The van der Waals surface area contributed by atoms with Gasteiger partial charge in [-0.25, -0.2) is 9.59 Å². The van der Waals surface area contributed by atoms with Crippen molar-refractivity contribution in [2.75, 3.05) is 6.54 Å². The third-order valence-corrected chi connectivity index (χ3v) is 3.06. The second-order valence-corrected chi connectivity index (χ2v) is 5.89. The fraction of sp³-hybridized carbons (Fsp3) is 0.538. The van der Waals surface area contributed by atoms with E-state index >= 15 is 0 Å². The summed E-state index contributed by atoms with van der Waals surface area (Å²) in [5, 5.41) is 15.0. The Morgan fingerprint density at radius 3 is 2.63 bits per heavy atom. The minimum Gasteiger partial charge on any atom is -0.478 e. The molecule has 0 saturated carbocycles. The van der Waals surface area contributed by atoms with E-state index < -0.39 is 17.7 Å². The fourth-order valence-corrected chi connectivity index (χ4v) is 2.35. The number of carboxylic acid groups (broad SMARTS) is 1. The van der Waals surface area contributed by atoms with Crippen LogP contribution in [0.4, 0.5) is 4.79 Å². The summed E-state index contributed by atoms with van der Waals surface area (Å²) in [5.74, 6) is -0.906. The van der Waals surface area contributed by atoms with Gasteiger partial charge in [0, 0.05) is 11.9 Å². The number of carbonyl (C=O) groups is 2. The molecular weight excluding hydrogens is 266 g/mol. The number of ether oxygens (including phenoxy) is 1. The first-order chi connectivity index (χ1) is 8.79. The zero-order valence-corrected chi connectivity index (χ0v) is 12.2. The lowest BCUT2D eigenvalue weighted by atomic mass is 10.1. The molecule has 1 aromatic heterocycles. The van der Waals surface area contributed by atoms with Crippen LogP contribution in [0.5, 0.6) is 0 Å². The average molecular weight is 285 g/mol. The highest BCUT2D eigenvalue weighted by Crippen LogP contribution is 2.16. The summed E-state index contributed by atoms with van der Waals surface area (Å²) < 4.78 is 5.09. The highest BCUT2D eigenvalue weighted by molar-refractivity contribution is 7.08. The molecule has 5 nitrogen and oxygen atoms in total. The monoisotopic (exact) mass is 285 g/mol. The number of carbonyl (C=O) groups excluding carboxylic acids is 1. The van der Waals surface area contributed by atoms with Gasteiger partial charge in [0.25, 0.3) is 0 Å². The molecule has 1 amide bonds. The van der Waals surface area contributed by atoms with Crippen LogP contribution < -0.4 is 5.32 Å². The molecule has 0 fully saturated rings. The number of aromatic carboxylic acids is 1. The van der Waals surface area contributed by atoms with Crippen LogP contribution in [0.25, 0.3) is 0 Å². The Hall–Kier alpha value is -1.56. The lowest BCUT2D eigenvalue weighted by molar-refractivity contribution is 0.0526. The Labute approximate surface area is 116 Å². The van der Waals surface area contributed by atoms with Gasteiger partial charge in [-0.05, 0) is 44.6 Å². The van der Waals surface area contributed by atoms with Gasteiger partial charge in [-0.1, -0.05) is 0 Å². The van der Waals surface area contributed by atoms with Crippen molar-refractivity contribution in [3.63, 3.8) is 0 Å². The molecule has 0 aliphatic rings. The van der Waals surface area contributed by atoms with Crippen LogP contribution in [-0.4, -0.2) is 29.3 Å². The molecule has 0 aliphatic heterocycles. The zero-order chi connectivity index (χ0) is 14.5. The molecule has 106 valence electrons. The van der Waals surface area contributed by atoms with E-state index in [0.717, 1.165) is 5.56 Å². The summed E-state index contributed by atoms with van der Waals surface area (Å²) in [5.41, 5.74) is 0.652. The molecule has 0 atom stereocenters. The Morgan fingerprint density at radius 2 is 2.05 bits per heavy atom. The predicted molar refractivity (Wildman–Crippen MR) is 73.8 cm³/mol. The summed E-state index contributed by atoms with van der Waals surface area (Å²) in [7, 11) is 0. The molecule has 0 bridgehead atoms. The van der Waals surface area contributed by atoms with E-state index in [4.69, 9.17) is 9.84 Å². The molecule has 19 heavy (non-hydrogen) atoms. The van der Waals surface area contributed by atoms with Gasteiger partial charge in [-0.15, -0.1) is 0 Å². The third-order valence-electron chi connectivity index (χ3n) is 2.26. The second kappa shape index (κ2) is 6.56. The molecule has 0 radical (unpaired) electrons. The van der Waals surface area contributed by atoms with Crippen molar-refractivity contribution in [3.8, 4) is 0 Å². The molecule has 0 spiro atoms. The Bertz CT molecular complexity index is 448. The summed E-state index contributed by atoms with van der Waals surface area (Å²) >= 11 is 1.37. The van der Waals surface area contributed by atoms with Crippen molar-refractivity contribution in [2.45, 2.75) is 39.2 Å². The molecule has 0 saturated heterocycles. The highest BCUT2D eigenvalue weighted by atomic mass is 32.1. The number of alkyl carbamates (subject to hydrolysis) is 1. The maximum atomic E-state index is 11.4. The lowest BCUT2D eigenvalue weighted by Crippen LogP contribution is -2.33. The molecule has 6 heteroatoms. The molecule has 0 aromatic carbocycles. The molecular formula is C13H19NO4S. The van der Waals surface area contributed by atoms with Crippen LogP contribution in [0, 0.1) is 0 Å². The summed E-state index contributed by atoms with van der Waals surface area (Å²) in [6, 6.07) is 0. The summed E-state index contributed by atoms with van der Waals surface area (Å²) in [4.78, 5) is 22.3. The van der Waals surface area contributed by atoms with E-state index in [-0.39, 0.29) is 0 Å². The number of amides is 1. The highest BCUT2D eigenvalue weighted by Gasteiger charge is 2.15. The largest absolute Gasteiger partial charge is 0.478 e. The Kier molecular flexibility index (Phi) is 5.35. The number of thiophene rings is 1. The van der Waals surface area contributed by atoms with E-state index in [9.17, 15) is 9.59 Å². The number of aryl methyl sites for hydroxylation is 1. The van der Waals surface area contributed by atoms with Gasteiger partial charge in [-0.2, -0.15) is 11.3 Å². The molecule has 1 heterocycles. The second-order valence-electron chi connectivity index (χ2n) is 5.15. The smallest absolute Gasteiger partial charge is 0.407 e. The molecule has 1 rings (SSSR count). The number of rotatable bonds is 5. The van der Waals surface area contributed by atoms with Gasteiger partial charge in [0.05, 0.1) is 5.56 Å². The van der Waals surface area contributed by atoms with Crippen molar-refractivity contribution >= 4 is 23.4 Å². The van der Waals surface area contributed by atoms with Gasteiger partial charge < -0.3 is 15.2 Å². The first-order valence-corrected chi connectivity index (χ1v) is 6.99. The maximum Gasteiger partial charge on any atom is 0.407 e. The fourth-order valence-electron chi connectivity index (χ4n) is 1.49. The Morgan fingerprint density at radius 1 is 1.37 bits per heavy atom. The van der Waals surface area contributed by atoms with E-state index in [0.29, 0.717) is 24.9 Å². The van der Waals surface area contributed by atoms with E-state index in [1.165, 1.54) is 11.3 Å². The quantitative estimate of drug-likeness (QED) is 0.816. The third kappa shape index (κ3) is 5.74. The first kappa shape index (κ1) is 15.5. The van der Waals surface area contributed by atoms with Crippen LogP contribution in [-0.2, 0) is 11.2 Å². The average Bonchev–Trinajstić information content (AvgIpc) is 2.70. The van der Waals surface area contributed by atoms with Crippen molar-refractivity contribution in [2.24, 2.45) is 0 Å². The maximum absolute atomic E-state index is 11.4. The van der Waals surface area contributed by atoms with Gasteiger partial charge in [-0.3, -0.25) is 0 Å². The molecule has 0 aliphatic carbocycles. The van der Waals surface area contributed by atoms with Crippen LogP contribution in [0.2, 0.25) is 0 Å². The van der Waals surface area contributed by atoms with E-state index in [2.05, 4.69) is 5.32 Å². The van der Waals surface area contributed by atoms with Crippen LogP contribution >= 0.6 is 11.3 Å². The predicted octanol–water partition coefficient (Wildman–Crippen LogP) is 2.90. The standard InChI is InChI=1S/C13H19NO4S/c1-13(2,3)18-12(17)14-6-4-5-9-7-19-8-10(9)11(15)16/h7-8H,4-6H2,1-3H3,(H,14,17)(H,15,16). The van der Waals surface area contributed by atoms with Crippen molar-refractivity contribution in [3.05, 3.63) is 21.9 Å². The van der Waals surface area contributed by atoms with Gasteiger partial charge in [0.15, 0.2) is 0 Å². The normalized spacial score (nSPS) is 11.1. The van der Waals surface area contributed by atoms with E-state index in [1.807, 2.05) is 5.38 Å². The summed E-state index contributed by atoms with van der Waals surface area (Å²) in [6.07, 6.45) is 0.855. The SMILES string of the molecule is CC(C)(C)OC(=O)NCCCc1cscc1C(=O)O. The molecule has 1 aromatic rings. The minimum atomic E-state index is -0.906. The van der Waals surface area contributed by atoms with Gasteiger partial charge in [0.1, 0.15) is 5.60 Å². The first-order valence-electron chi connectivity index (χ1n) is 6.05. The van der Waals surface area contributed by atoms with Crippen LogP contribution in [0.15, 0.2) is 10.8 Å². The number of carboxylic acids is 1. The van der Waals surface area contributed by atoms with Crippen LogP contribution in [0.1, 0.15) is 43.1 Å². The zero-order valence-electron chi connectivity index (χ0n) is 11.4. The molecule has 0 unspecified atom stereocenters. The van der Waals surface area contributed by atoms with Gasteiger partial charge in [0.2, 0.25) is 0 Å². The minimum absolute atomic E-state index is 0.349. The summed E-state index contributed by atoms with van der Waals surface area (Å²) in [6.45, 7) is 5.87. The lowest BCUT2D eigenvalue weighted by Gasteiger charge is -2.19. The molecule has 2 N–H and O–H groups in total. The van der Waals surface area contributed by atoms with Crippen LogP contribution in [0.3, 0.4) is 0 Å². The number of hydrogen-bond donors (Lipinski definition) is 2. The number of nitrogens with one attached hydrogen (secondary N) is 1. The number of hydrogen-bond acceptors (Lipinski definition) is 4. The van der Waals surface area contributed by atoms with E-state index in [1.54, 1.807) is 26.2 Å². The topological polar surface area (TPSA) is 75.6 Å².